The second kappa shape index (κ2) is 8.79. The average molecular weight is 276 g/mol. The lowest BCUT2D eigenvalue weighted by Gasteiger charge is -2.11. The Morgan fingerprint density at radius 1 is 1.35 bits per heavy atom. The quantitative estimate of drug-likeness (QED) is 0.292. The van der Waals surface area contributed by atoms with Crippen molar-refractivity contribution in [2.45, 2.75) is 20.0 Å². The molecule has 0 spiro atoms. The van der Waals surface area contributed by atoms with E-state index < -0.39 is 0 Å². The maximum absolute atomic E-state index is 5.36. The van der Waals surface area contributed by atoms with Crippen molar-refractivity contribution >= 4 is 46.6 Å². The van der Waals surface area contributed by atoms with E-state index in [9.17, 15) is 0 Å². The van der Waals surface area contributed by atoms with Crippen LogP contribution in [0.2, 0.25) is 0 Å². The molecule has 6 N–H and O–H groups in total. The highest BCUT2D eigenvalue weighted by Gasteiger charge is 2.08. The molecule has 0 saturated carbocycles. The third kappa shape index (κ3) is 8.48. The van der Waals surface area contributed by atoms with Gasteiger partial charge in [-0.3, -0.25) is 10.9 Å². The molecule has 0 aromatic heterocycles. The molecule has 9 heteroatoms. The van der Waals surface area contributed by atoms with Gasteiger partial charge in [0.1, 0.15) is 11.8 Å². The van der Waals surface area contributed by atoms with E-state index in [0.717, 1.165) is 0 Å². The molecule has 0 rings (SSSR count). The second-order valence-corrected chi connectivity index (χ2v) is 3.72. The first-order valence-corrected chi connectivity index (χ1v) is 5.62. The summed E-state index contributed by atoms with van der Waals surface area (Å²) in [5.41, 5.74) is 15.8. The molecule has 0 heterocycles. The Morgan fingerprint density at radius 2 is 1.94 bits per heavy atom. The van der Waals surface area contributed by atoms with E-state index in [1.807, 2.05) is 13.8 Å². The summed E-state index contributed by atoms with van der Waals surface area (Å²) in [6.07, 6.45) is 1.16. The van der Waals surface area contributed by atoms with Crippen LogP contribution >= 0.6 is 24.4 Å². The smallest absolute Gasteiger partial charge is 0.184 e. The van der Waals surface area contributed by atoms with Gasteiger partial charge in [0.25, 0.3) is 0 Å². The van der Waals surface area contributed by atoms with Gasteiger partial charge < -0.3 is 16.2 Å². The highest BCUT2D eigenvalue weighted by molar-refractivity contribution is 7.80. The first-order valence-electron chi connectivity index (χ1n) is 4.80. The van der Waals surface area contributed by atoms with Gasteiger partial charge in [0.2, 0.25) is 0 Å². The van der Waals surface area contributed by atoms with Crippen LogP contribution < -0.4 is 22.3 Å². The molecule has 0 aromatic rings. The molecule has 0 aliphatic rings. The molecule has 0 amide bonds. The minimum atomic E-state index is -0.265. The Morgan fingerprint density at radius 3 is 2.41 bits per heavy atom. The van der Waals surface area contributed by atoms with Gasteiger partial charge in [0.05, 0.1) is 6.21 Å². The minimum Gasteiger partial charge on any atom is -0.375 e. The van der Waals surface area contributed by atoms with Crippen molar-refractivity contribution in [3.63, 3.8) is 0 Å². The zero-order valence-corrected chi connectivity index (χ0v) is 11.3. The number of rotatable bonds is 6. The van der Waals surface area contributed by atoms with Crippen molar-refractivity contribution in [3.05, 3.63) is 0 Å². The molecule has 0 fully saturated rings. The molecule has 0 bridgehead atoms. The lowest BCUT2D eigenvalue weighted by atomic mass is 10.2. The maximum Gasteiger partial charge on any atom is 0.184 e. The number of nitrogens with zero attached hydrogens (tertiary/aromatic N) is 2. The van der Waals surface area contributed by atoms with Gasteiger partial charge in [0.15, 0.2) is 10.2 Å². The maximum atomic E-state index is 5.36. The molecule has 0 unspecified atom stereocenters. The van der Waals surface area contributed by atoms with E-state index in [4.69, 9.17) is 16.2 Å². The fourth-order valence-electron chi connectivity index (χ4n) is 0.842. The average Bonchev–Trinajstić information content (AvgIpc) is 2.22. The highest BCUT2D eigenvalue weighted by atomic mass is 32.1. The number of ether oxygens (including phenoxy) is 1. The van der Waals surface area contributed by atoms with E-state index >= 15 is 0 Å². The summed E-state index contributed by atoms with van der Waals surface area (Å²) in [4.78, 5) is 0. The van der Waals surface area contributed by atoms with Crippen molar-refractivity contribution in [2.24, 2.45) is 21.7 Å². The summed E-state index contributed by atoms with van der Waals surface area (Å²) in [6.45, 7) is 4.24. The van der Waals surface area contributed by atoms with Crippen LogP contribution in [-0.4, -0.2) is 34.9 Å². The zero-order chi connectivity index (χ0) is 13.3. The van der Waals surface area contributed by atoms with E-state index in [-0.39, 0.29) is 16.3 Å². The van der Waals surface area contributed by atoms with Crippen LogP contribution in [0.15, 0.2) is 10.2 Å². The summed E-state index contributed by atoms with van der Waals surface area (Å²) >= 11 is 9.23. The highest BCUT2D eigenvalue weighted by Crippen LogP contribution is 1.93. The third-order valence-electron chi connectivity index (χ3n) is 1.50. The van der Waals surface area contributed by atoms with E-state index in [0.29, 0.717) is 12.3 Å². The van der Waals surface area contributed by atoms with Crippen molar-refractivity contribution in [2.75, 3.05) is 6.61 Å². The Kier molecular flexibility index (Phi) is 8.11. The molecule has 1 atom stereocenters. The fourth-order valence-corrected chi connectivity index (χ4v) is 0.940. The largest absolute Gasteiger partial charge is 0.375 e. The van der Waals surface area contributed by atoms with Crippen LogP contribution in [0.25, 0.3) is 0 Å². The Hall–Kier alpha value is -1.32. The Bertz CT molecular complexity index is 330. The molecule has 0 aromatic carbocycles. The minimum absolute atomic E-state index is 0.0573. The van der Waals surface area contributed by atoms with Crippen LogP contribution in [0, 0.1) is 0 Å². The number of hydrogen-bond acceptors (Lipinski definition) is 5. The van der Waals surface area contributed by atoms with Crippen LogP contribution in [0.5, 0.6) is 0 Å². The predicted octanol–water partition coefficient (Wildman–Crippen LogP) is -0.580. The van der Waals surface area contributed by atoms with Gasteiger partial charge in [-0.2, -0.15) is 10.2 Å². The summed E-state index contributed by atoms with van der Waals surface area (Å²) in [6, 6.07) is 0. The summed E-state index contributed by atoms with van der Waals surface area (Å²) in [7, 11) is 0. The molecular formula is C8H16N6OS2. The number of nitrogens with one attached hydrogen (secondary N) is 2. The Balaban J connectivity index is 4.60. The van der Waals surface area contributed by atoms with Gasteiger partial charge >= 0.3 is 0 Å². The third-order valence-corrected chi connectivity index (χ3v) is 1.68. The van der Waals surface area contributed by atoms with Crippen LogP contribution in [0.1, 0.15) is 13.8 Å². The normalized spacial score (nSPS) is 13.4. The summed E-state index contributed by atoms with van der Waals surface area (Å²) in [5.74, 6) is 0. The van der Waals surface area contributed by atoms with Gasteiger partial charge in [-0.05, 0) is 38.3 Å². The second-order valence-electron chi connectivity index (χ2n) is 2.84. The first kappa shape index (κ1) is 15.7. The topological polar surface area (TPSA) is 110 Å². The zero-order valence-electron chi connectivity index (χ0n) is 9.64. The lowest BCUT2D eigenvalue weighted by molar-refractivity contribution is 0.123. The lowest BCUT2D eigenvalue weighted by Crippen LogP contribution is -2.31. The van der Waals surface area contributed by atoms with Crippen molar-refractivity contribution < 1.29 is 4.74 Å². The molecule has 0 radical (unpaired) electrons. The SMILES string of the molecule is CCO[C@H](C)C(C=NNC(N)=S)=NNC(N)=S. The van der Waals surface area contributed by atoms with Crippen molar-refractivity contribution in [1.82, 2.24) is 10.9 Å². The molecule has 96 valence electrons. The van der Waals surface area contributed by atoms with Crippen LogP contribution in [-0.2, 0) is 4.74 Å². The van der Waals surface area contributed by atoms with E-state index in [1.165, 1.54) is 6.21 Å². The number of hydrazone groups is 2. The van der Waals surface area contributed by atoms with Gasteiger partial charge in [-0.25, -0.2) is 0 Å². The van der Waals surface area contributed by atoms with E-state index in [2.05, 4.69) is 45.5 Å². The standard InChI is InChI=1S/C8H16N6OS2/c1-3-15-5(2)6(12-14-8(10)17)4-11-13-7(9)16/h4-5H,3H2,1-2H3,(H3,9,13,16)(H3,10,14,17)/t5-/m1/s1. The monoisotopic (exact) mass is 276 g/mol. The number of hydrogen-bond donors (Lipinski definition) is 4. The molecule has 0 saturated heterocycles. The molecule has 17 heavy (non-hydrogen) atoms. The van der Waals surface area contributed by atoms with Gasteiger partial charge in [0, 0.05) is 6.61 Å². The van der Waals surface area contributed by atoms with Gasteiger partial charge in [-0.15, -0.1) is 0 Å². The number of nitrogens with two attached hydrogens (primary N) is 2. The van der Waals surface area contributed by atoms with Crippen molar-refractivity contribution in [3.8, 4) is 0 Å². The molecule has 0 aliphatic carbocycles. The molecule has 7 nitrogen and oxygen atoms in total. The van der Waals surface area contributed by atoms with Crippen LogP contribution in [0.3, 0.4) is 0 Å². The van der Waals surface area contributed by atoms with Gasteiger partial charge in [-0.1, -0.05) is 0 Å². The molecule has 0 aliphatic heterocycles. The Labute approximate surface area is 111 Å². The molecular weight excluding hydrogens is 260 g/mol. The number of thiocarbonyl (C=S) groups is 2. The first-order chi connectivity index (χ1) is 7.97. The van der Waals surface area contributed by atoms with Crippen LogP contribution in [0.4, 0.5) is 0 Å². The van der Waals surface area contributed by atoms with Crippen molar-refractivity contribution in [1.29, 1.82) is 0 Å². The predicted molar refractivity (Wildman–Crippen MR) is 76.9 cm³/mol. The van der Waals surface area contributed by atoms with E-state index in [1.54, 1.807) is 0 Å². The summed E-state index contributed by atoms with van der Waals surface area (Å²) < 4.78 is 5.36. The summed E-state index contributed by atoms with van der Waals surface area (Å²) in [5, 5.41) is 7.84. The fraction of sp³-hybridized carbons (Fsp3) is 0.500.